The standard InChI is InChI=1S/C26H35Cl2N3O4S/c1-5-15-29-26(33)23(6-2)30(18-20-11-8-7-10-19(20)3)25(32)12-9-16-31(36(4,34)35)24-17-21(27)13-14-22(24)28/h7-8,10-11,13-14,17,23H,5-6,9,12,15-16,18H2,1-4H3,(H,29,33)/t23-/m0/s1. The number of amides is 2. The van der Waals surface area contributed by atoms with Crippen molar-refractivity contribution in [3.8, 4) is 0 Å². The number of hydrogen-bond donors (Lipinski definition) is 1. The van der Waals surface area contributed by atoms with E-state index in [-0.39, 0.29) is 41.9 Å². The highest BCUT2D eigenvalue weighted by Gasteiger charge is 2.29. The Morgan fingerprint density at radius 3 is 2.39 bits per heavy atom. The lowest BCUT2D eigenvalue weighted by atomic mass is 10.1. The Hall–Kier alpha value is -2.29. The maximum atomic E-state index is 13.5. The molecule has 7 nitrogen and oxygen atoms in total. The minimum absolute atomic E-state index is 0.0433. The van der Waals surface area contributed by atoms with Gasteiger partial charge in [-0.3, -0.25) is 13.9 Å². The predicted molar refractivity (Wildman–Crippen MR) is 147 cm³/mol. The van der Waals surface area contributed by atoms with Crippen LogP contribution in [0.25, 0.3) is 0 Å². The zero-order valence-corrected chi connectivity index (χ0v) is 23.6. The third-order valence-electron chi connectivity index (χ3n) is 5.87. The fraction of sp³-hybridized carbons (Fsp3) is 0.462. The number of aryl methyl sites for hydroxylation is 1. The van der Waals surface area contributed by atoms with E-state index in [4.69, 9.17) is 23.2 Å². The van der Waals surface area contributed by atoms with Gasteiger partial charge in [-0.05, 0) is 55.5 Å². The quantitative estimate of drug-likeness (QED) is 0.368. The average molecular weight is 557 g/mol. The van der Waals surface area contributed by atoms with E-state index >= 15 is 0 Å². The van der Waals surface area contributed by atoms with Crippen molar-refractivity contribution in [2.24, 2.45) is 0 Å². The molecule has 2 amide bonds. The van der Waals surface area contributed by atoms with E-state index in [0.29, 0.717) is 24.5 Å². The smallest absolute Gasteiger partial charge is 0.242 e. The van der Waals surface area contributed by atoms with Gasteiger partial charge in [-0.1, -0.05) is 61.3 Å². The van der Waals surface area contributed by atoms with Crippen molar-refractivity contribution in [2.45, 2.75) is 59.0 Å². The highest BCUT2D eigenvalue weighted by atomic mass is 35.5. The molecule has 2 rings (SSSR count). The van der Waals surface area contributed by atoms with Crippen LogP contribution >= 0.6 is 23.2 Å². The van der Waals surface area contributed by atoms with Crippen LogP contribution in [0.2, 0.25) is 10.0 Å². The number of nitrogens with one attached hydrogen (secondary N) is 1. The van der Waals surface area contributed by atoms with E-state index in [0.717, 1.165) is 28.1 Å². The molecule has 0 aromatic heterocycles. The van der Waals surface area contributed by atoms with E-state index < -0.39 is 16.1 Å². The topological polar surface area (TPSA) is 86.8 Å². The highest BCUT2D eigenvalue weighted by Crippen LogP contribution is 2.31. The monoisotopic (exact) mass is 555 g/mol. The molecule has 36 heavy (non-hydrogen) atoms. The molecule has 0 saturated carbocycles. The van der Waals surface area contributed by atoms with Crippen LogP contribution in [0.3, 0.4) is 0 Å². The van der Waals surface area contributed by atoms with Crippen LogP contribution in [0, 0.1) is 6.92 Å². The number of hydrogen-bond acceptors (Lipinski definition) is 4. The van der Waals surface area contributed by atoms with Gasteiger partial charge in [0.05, 0.1) is 17.0 Å². The van der Waals surface area contributed by atoms with Gasteiger partial charge in [0.25, 0.3) is 0 Å². The number of carbonyl (C=O) groups excluding carboxylic acids is 2. The van der Waals surface area contributed by atoms with Gasteiger partial charge in [0.2, 0.25) is 21.8 Å². The third-order valence-corrected chi connectivity index (χ3v) is 7.60. The molecule has 0 radical (unpaired) electrons. The number of halogens is 2. The molecule has 0 aliphatic heterocycles. The van der Waals surface area contributed by atoms with E-state index in [1.165, 1.54) is 12.1 Å². The van der Waals surface area contributed by atoms with Gasteiger partial charge < -0.3 is 10.2 Å². The Balaban J connectivity index is 2.25. The van der Waals surface area contributed by atoms with E-state index in [1.807, 2.05) is 45.0 Å². The minimum Gasteiger partial charge on any atom is -0.354 e. The summed E-state index contributed by atoms with van der Waals surface area (Å²) in [6, 6.07) is 11.7. The second kappa shape index (κ2) is 13.9. The lowest BCUT2D eigenvalue weighted by Gasteiger charge is -2.31. The largest absolute Gasteiger partial charge is 0.354 e. The molecule has 2 aromatic carbocycles. The summed E-state index contributed by atoms with van der Waals surface area (Å²) in [5.74, 6) is -0.410. The van der Waals surface area contributed by atoms with Crippen molar-refractivity contribution in [1.29, 1.82) is 0 Å². The van der Waals surface area contributed by atoms with Crippen LogP contribution in [0.1, 0.15) is 50.7 Å². The SMILES string of the molecule is CCCNC(=O)[C@H](CC)N(Cc1ccccc1C)C(=O)CCCN(c1cc(Cl)ccc1Cl)S(C)(=O)=O. The summed E-state index contributed by atoms with van der Waals surface area (Å²) in [4.78, 5) is 28.0. The first kappa shape index (κ1) is 29.9. The molecule has 0 heterocycles. The van der Waals surface area contributed by atoms with Gasteiger partial charge in [0, 0.05) is 31.1 Å². The summed E-state index contributed by atoms with van der Waals surface area (Å²) in [5.41, 5.74) is 2.25. The molecule has 2 aromatic rings. The van der Waals surface area contributed by atoms with Gasteiger partial charge >= 0.3 is 0 Å². The van der Waals surface area contributed by atoms with Gasteiger partial charge in [0.15, 0.2) is 0 Å². The molecule has 1 N–H and O–H groups in total. The number of rotatable bonds is 13. The summed E-state index contributed by atoms with van der Waals surface area (Å²) in [6.07, 6.45) is 2.64. The Kier molecular flexibility index (Phi) is 11.5. The predicted octanol–water partition coefficient (Wildman–Crippen LogP) is 5.18. The van der Waals surface area contributed by atoms with Gasteiger partial charge in [0.1, 0.15) is 6.04 Å². The highest BCUT2D eigenvalue weighted by molar-refractivity contribution is 7.92. The van der Waals surface area contributed by atoms with Crippen molar-refractivity contribution < 1.29 is 18.0 Å². The van der Waals surface area contributed by atoms with Gasteiger partial charge in [-0.25, -0.2) is 8.42 Å². The Labute approximate surface area is 224 Å². The molecule has 0 bridgehead atoms. The maximum absolute atomic E-state index is 13.5. The molecular formula is C26H35Cl2N3O4S. The molecule has 0 spiro atoms. The lowest BCUT2D eigenvalue weighted by Crippen LogP contribution is -2.49. The van der Waals surface area contributed by atoms with Gasteiger partial charge in [-0.15, -0.1) is 0 Å². The van der Waals surface area contributed by atoms with Crippen molar-refractivity contribution in [3.63, 3.8) is 0 Å². The number of nitrogens with zero attached hydrogens (tertiary/aromatic N) is 2. The molecule has 1 atom stereocenters. The summed E-state index contributed by atoms with van der Waals surface area (Å²) < 4.78 is 26.2. The maximum Gasteiger partial charge on any atom is 0.242 e. The van der Waals surface area contributed by atoms with Crippen LogP contribution in [0.5, 0.6) is 0 Å². The summed E-state index contributed by atoms with van der Waals surface area (Å²) in [6.45, 7) is 6.68. The number of anilines is 1. The first-order chi connectivity index (χ1) is 17.0. The van der Waals surface area contributed by atoms with Crippen LogP contribution in [-0.4, -0.2) is 50.5 Å². The third kappa shape index (κ3) is 8.39. The average Bonchev–Trinajstić information content (AvgIpc) is 2.82. The van der Waals surface area contributed by atoms with Crippen molar-refractivity contribution in [1.82, 2.24) is 10.2 Å². The number of sulfonamides is 1. The molecule has 0 unspecified atom stereocenters. The van der Waals surface area contributed by atoms with E-state index in [9.17, 15) is 18.0 Å². The van der Waals surface area contributed by atoms with Crippen LogP contribution < -0.4 is 9.62 Å². The normalized spacial score (nSPS) is 12.2. The van der Waals surface area contributed by atoms with Crippen LogP contribution in [-0.2, 0) is 26.2 Å². The van der Waals surface area contributed by atoms with E-state index in [1.54, 1.807) is 11.0 Å². The van der Waals surface area contributed by atoms with Crippen LogP contribution in [0.15, 0.2) is 42.5 Å². The fourth-order valence-corrected chi connectivity index (χ4v) is 5.32. The zero-order chi connectivity index (χ0) is 26.9. The Morgan fingerprint density at radius 1 is 1.08 bits per heavy atom. The molecule has 198 valence electrons. The van der Waals surface area contributed by atoms with Crippen molar-refractivity contribution in [3.05, 3.63) is 63.6 Å². The Morgan fingerprint density at radius 2 is 1.78 bits per heavy atom. The number of benzene rings is 2. The van der Waals surface area contributed by atoms with Crippen molar-refractivity contribution >= 4 is 50.7 Å². The second-order valence-electron chi connectivity index (χ2n) is 8.70. The first-order valence-corrected chi connectivity index (χ1v) is 14.6. The van der Waals surface area contributed by atoms with Crippen LogP contribution in [0.4, 0.5) is 5.69 Å². The molecule has 10 heteroatoms. The second-order valence-corrected chi connectivity index (χ2v) is 11.4. The molecule has 0 aliphatic rings. The number of carbonyl (C=O) groups is 2. The zero-order valence-electron chi connectivity index (χ0n) is 21.3. The van der Waals surface area contributed by atoms with Crippen molar-refractivity contribution in [2.75, 3.05) is 23.7 Å². The summed E-state index contributed by atoms with van der Waals surface area (Å²) in [5, 5.41) is 3.50. The molecule has 0 fully saturated rings. The lowest BCUT2D eigenvalue weighted by molar-refractivity contribution is -0.141. The Bertz CT molecular complexity index is 1160. The molecule has 0 saturated heterocycles. The molecule has 0 aliphatic carbocycles. The van der Waals surface area contributed by atoms with Gasteiger partial charge in [-0.2, -0.15) is 0 Å². The van der Waals surface area contributed by atoms with E-state index in [2.05, 4.69) is 5.32 Å². The summed E-state index contributed by atoms with van der Waals surface area (Å²) >= 11 is 12.3. The molecular weight excluding hydrogens is 521 g/mol. The summed E-state index contributed by atoms with van der Waals surface area (Å²) in [7, 11) is -3.67. The first-order valence-electron chi connectivity index (χ1n) is 12.0. The minimum atomic E-state index is -3.67. The fourth-order valence-electron chi connectivity index (χ4n) is 3.92.